The minimum atomic E-state index is -0.169. The van der Waals surface area contributed by atoms with Gasteiger partial charge in [-0.05, 0) is 24.3 Å². The van der Waals surface area contributed by atoms with Crippen LogP contribution in [0.1, 0.15) is 23.2 Å². The van der Waals surface area contributed by atoms with E-state index in [1.165, 1.54) is 0 Å². The first-order valence-electron chi connectivity index (χ1n) is 8.67. The molecule has 0 unspecified atom stereocenters. The van der Waals surface area contributed by atoms with E-state index >= 15 is 0 Å². The summed E-state index contributed by atoms with van der Waals surface area (Å²) in [6.07, 6.45) is 0.647. The number of hydrazone groups is 1. The predicted octanol–water partition coefficient (Wildman–Crippen LogP) is 0.303. The fraction of sp³-hybridized carbons (Fsp3) is 0.444. The van der Waals surface area contributed by atoms with Crippen molar-refractivity contribution in [3.05, 3.63) is 29.8 Å². The molecule has 0 aromatic heterocycles. The largest absolute Gasteiger partial charge is 0.378 e. The van der Waals surface area contributed by atoms with Crippen molar-refractivity contribution in [2.75, 3.05) is 45.2 Å². The van der Waals surface area contributed by atoms with Crippen molar-refractivity contribution < 1.29 is 14.4 Å². The maximum Gasteiger partial charge on any atom is 0.270 e. The van der Waals surface area contributed by atoms with Gasteiger partial charge in [0.15, 0.2) is 0 Å². The molecule has 1 saturated heterocycles. The number of piperazine rings is 1. The molecule has 3 amide bonds. The highest BCUT2D eigenvalue weighted by molar-refractivity contribution is 6.39. The van der Waals surface area contributed by atoms with Gasteiger partial charge in [0, 0.05) is 64.4 Å². The Balaban J connectivity index is 1.57. The Hall–Kier alpha value is -2.90. The van der Waals surface area contributed by atoms with Crippen LogP contribution in [0.5, 0.6) is 0 Å². The lowest BCUT2D eigenvalue weighted by Crippen LogP contribution is -2.52. The quantitative estimate of drug-likeness (QED) is 0.843. The normalized spacial score (nSPS) is 17.5. The van der Waals surface area contributed by atoms with Gasteiger partial charge in [0.05, 0.1) is 0 Å². The summed E-state index contributed by atoms with van der Waals surface area (Å²) in [4.78, 5) is 41.6. The van der Waals surface area contributed by atoms with Crippen LogP contribution < -0.4 is 10.3 Å². The Kier molecular flexibility index (Phi) is 5.20. The summed E-state index contributed by atoms with van der Waals surface area (Å²) in [5.41, 5.74) is 4.41. The van der Waals surface area contributed by atoms with Crippen LogP contribution >= 0.6 is 0 Å². The van der Waals surface area contributed by atoms with Crippen LogP contribution in [-0.4, -0.2) is 73.5 Å². The lowest BCUT2D eigenvalue weighted by Gasteiger charge is -2.35. The number of carbonyl (C=O) groups excluding carboxylic acids is 3. The van der Waals surface area contributed by atoms with Gasteiger partial charge < -0.3 is 14.7 Å². The number of carbonyl (C=O) groups is 3. The van der Waals surface area contributed by atoms with Crippen molar-refractivity contribution >= 4 is 29.1 Å². The number of hydrogen-bond donors (Lipinski definition) is 1. The van der Waals surface area contributed by atoms with Crippen LogP contribution in [0.3, 0.4) is 0 Å². The van der Waals surface area contributed by atoms with Crippen molar-refractivity contribution in [3.8, 4) is 0 Å². The Morgan fingerprint density at radius 2 is 1.54 bits per heavy atom. The van der Waals surface area contributed by atoms with Crippen molar-refractivity contribution in [3.63, 3.8) is 0 Å². The average Bonchev–Trinajstić information content (AvgIpc) is 2.67. The van der Waals surface area contributed by atoms with Gasteiger partial charge in [0.2, 0.25) is 5.91 Å². The van der Waals surface area contributed by atoms with Gasteiger partial charge in [-0.15, -0.1) is 0 Å². The maximum atomic E-state index is 12.6. The molecule has 0 radical (unpaired) electrons. The molecule has 0 bridgehead atoms. The highest BCUT2D eigenvalue weighted by Gasteiger charge is 2.28. The molecule has 0 atom stereocenters. The van der Waals surface area contributed by atoms with Crippen molar-refractivity contribution in [1.82, 2.24) is 15.2 Å². The molecular weight excluding hydrogens is 334 g/mol. The van der Waals surface area contributed by atoms with E-state index in [4.69, 9.17) is 0 Å². The third kappa shape index (κ3) is 3.84. The lowest BCUT2D eigenvalue weighted by atomic mass is 10.1. The fourth-order valence-electron chi connectivity index (χ4n) is 3.01. The summed E-state index contributed by atoms with van der Waals surface area (Å²) in [5.74, 6) is -0.352. The number of amides is 3. The second-order valence-electron chi connectivity index (χ2n) is 6.62. The number of benzene rings is 1. The van der Waals surface area contributed by atoms with Gasteiger partial charge in [-0.1, -0.05) is 0 Å². The van der Waals surface area contributed by atoms with E-state index < -0.39 is 0 Å². The monoisotopic (exact) mass is 357 g/mol. The average molecular weight is 357 g/mol. The first-order chi connectivity index (χ1) is 12.5. The summed E-state index contributed by atoms with van der Waals surface area (Å²) in [6.45, 7) is 1.90. The summed E-state index contributed by atoms with van der Waals surface area (Å²) in [7, 11) is 3.91. The van der Waals surface area contributed by atoms with E-state index in [1.54, 1.807) is 9.80 Å². The van der Waals surface area contributed by atoms with Crippen molar-refractivity contribution in [2.45, 2.75) is 12.8 Å². The molecule has 26 heavy (non-hydrogen) atoms. The molecule has 0 spiro atoms. The number of rotatable bonds is 3. The fourth-order valence-corrected chi connectivity index (χ4v) is 3.01. The Labute approximate surface area is 152 Å². The summed E-state index contributed by atoms with van der Waals surface area (Å²) >= 11 is 0. The zero-order valence-electron chi connectivity index (χ0n) is 15.1. The molecule has 8 heteroatoms. The maximum absolute atomic E-state index is 12.6. The Morgan fingerprint density at radius 3 is 2.04 bits per heavy atom. The second-order valence-corrected chi connectivity index (χ2v) is 6.62. The number of nitrogens with one attached hydrogen (secondary N) is 1. The molecule has 1 fully saturated rings. The number of nitrogens with zero attached hydrogens (tertiary/aromatic N) is 4. The Morgan fingerprint density at radius 1 is 0.962 bits per heavy atom. The SMILES string of the molecule is CN(C)c1ccc(C(=O)N2CCN(C(=O)C3=NNC(=O)CC3)CC2)cc1. The van der Waals surface area contributed by atoms with Gasteiger partial charge in [-0.3, -0.25) is 14.4 Å². The van der Waals surface area contributed by atoms with Gasteiger partial charge >= 0.3 is 0 Å². The third-order valence-electron chi connectivity index (χ3n) is 4.64. The van der Waals surface area contributed by atoms with Crippen LogP contribution in [0, 0.1) is 0 Å². The topological polar surface area (TPSA) is 85.3 Å². The zero-order chi connectivity index (χ0) is 18.7. The van der Waals surface area contributed by atoms with Crippen molar-refractivity contribution in [1.29, 1.82) is 0 Å². The molecule has 2 aliphatic heterocycles. The van der Waals surface area contributed by atoms with Crippen LogP contribution in [-0.2, 0) is 9.59 Å². The molecule has 3 rings (SSSR count). The minimum Gasteiger partial charge on any atom is -0.378 e. The van der Waals surface area contributed by atoms with Crippen LogP contribution in [0.15, 0.2) is 29.4 Å². The molecule has 0 saturated carbocycles. The molecule has 2 aliphatic rings. The van der Waals surface area contributed by atoms with Gasteiger partial charge in [-0.25, -0.2) is 5.43 Å². The second kappa shape index (κ2) is 7.55. The Bertz CT molecular complexity index is 734. The highest BCUT2D eigenvalue weighted by atomic mass is 16.2. The molecular formula is C18H23N5O3. The molecule has 1 N–H and O–H groups in total. The first kappa shape index (κ1) is 17.9. The summed E-state index contributed by atoms with van der Waals surface area (Å²) < 4.78 is 0. The number of hydrogen-bond acceptors (Lipinski definition) is 5. The molecule has 8 nitrogen and oxygen atoms in total. The standard InChI is InChI=1S/C18H23N5O3/c1-21(2)14-5-3-13(4-6-14)17(25)22-9-11-23(12-10-22)18(26)15-7-8-16(24)20-19-15/h3-6H,7-12H2,1-2H3,(H,20,24). The van der Waals surface area contributed by atoms with E-state index in [1.807, 2.05) is 43.3 Å². The smallest absolute Gasteiger partial charge is 0.270 e. The van der Waals surface area contributed by atoms with Gasteiger partial charge in [0.25, 0.3) is 11.8 Å². The lowest BCUT2D eigenvalue weighted by molar-refractivity contribution is -0.126. The van der Waals surface area contributed by atoms with E-state index in [-0.39, 0.29) is 24.1 Å². The van der Waals surface area contributed by atoms with Gasteiger partial charge in [-0.2, -0.15) is 5.10 Å². The molecule has 2 heterocycles. The van der Waals surface area contributed by atoms with Gasteiger partial charge in [0.1, 0.15) is 5.71 Å². The molecule has 138 valence electrons. The van der Waals surface area contributed by atoms with Crippen molar-refractivity contribution in [2.24, 2.45) is 5.10 Å². The van der Waals surface area contributed by atoms with Crippen LogP contribution in [0.25, 0.3) is 0 Å². The minimum absolute atomic E-state index is 0.0234. The molecule has 1 aromatic rings. The summed E-state index contributed by atoms with van der Waals surface area (Å²) in [6, 6.07) is 7.49. The van der Waals surface area contributed by atoms with E-state index in [0.29, 0.717) is 43.9 Å². The summed E-state index contributed by atoms with van der Waals surface area (Å²) in [5, 5.41) is 3.85. The van der Waals surface area contributed by atoms with E-state index in [0.717, 1.165) is 5.69 Å². The highest BCUT2D eigenvalue weighted by Crippen LogP contribution is 2.15. The zero-order valence-corrected chi connectivity index (χ0v) is 15.1. The van der Waals surface area contributed by atoms with Crippen LogP contribution in [0.2, 0.25) is 0 Å². The third-order valence-corrected chi connectivity index (χ3v) is 4.64. The number of anilines is 1. The molecule has 1 aromatic carbocycles. The van der Waals surface area contributed by atoms with E-state index in [9.17, 15) is 14.4 Å². The first-order valence-corrected chi connectivity index (χ1v) is 8.67. The van der Waals surface area contributed by atoms with Crippen LogP contribution in [0.4, 0.5) is 5.69 Å². The predicted molar refractivity (Wildman–Crippen MR) is 98.1 cm³/mol. The van der Waals surface area contributed by atoms with E-state index in [2.05, 4.69) is 10.5 Å². The molecule has 0 aliphatic carbocycles.